The molecule has 1 aliphatic heterocycles. The van der Waals surface area contributed by atoms with Crippen molar-refractivity contribution in [1.82, 2.24) is 0 Å². The van der Waals surface area contributed by atoms with Crippen LogP contribution in [0, 0.1) is 6.92 Å². The van der Waals surface area contributed by atoms with E-state index in [-0.39, 0.29) is 11.8 Å². The Kier molecular flexibility index (Phi) is 3.92. The van der Waals surface area contributed by atoms with Crippen LogP contribution in [-0.2, 0) is 0 Å². The van der Waals surface area contributed by atoms with Gasteiger partial charge in [-0.25, -0.2) is 4.90 Å². The molecule has 0 fully saturated rings. The second-order valence-electron chi connectivity index (χ2n) is 7.83. The lowest BCUT2D eigenvalue weighted by molar-refractivity contribution is 0.0926. The highest BCUT2D eigenvalue weighted by Crippen LogP contribution is 2.33. The third-order valence-corrected chi connectivity index (χ3v) is 5.71. The summed E-state index contributed by atoms with van der Waals surface area (Å²) in [5.74, 6) is -0.754. The van der Waals surface area contributed by atoms with Gasteiger partial charge >= 0.3 is 0 Å². The molecule has 5 aromatic rings. The van der Waals surface area contributed by atoms with Gasteiger partial charge in [0.1, 0.15) is 11.2 Å². The molecule has 0 aliphatic carbocycles. The van der Waals surface area contributed by atoms with Gasteiger partial charge in [0.15, 0.2) is 11.2 Å². The van der Waals surface area contributed by atoms with E-state index >= 15 is 0 Å². The van der Waals surface area contributed by atoms with E-state index < -0.39 is 0 Å². The zero-order chi connectivity index (χ0) is 21.8. The van der Waals surface area contributed by atoms with E-state index in [0.29, 0.717) is 39.1 Å². The molecule has 154 valence electrons. The van der Waals surface area contributed by atoms with Crippen molar-refractivity contribution < 1.29 is 18.4 Å². The highest BCUT2D eigenvalue weighted by Gasteiger charge is 2.37. The second kappa shape index (κ2) is 6.82. The minimum Gasteiger partial charge on any atom is -0.453 e. The maximum Gasteiger partial charge on any atom is 0.266 e. The van der Waals surface area contributed by atoms with Crippen molar-refractivity contribution in [2.24, 2.45) is 0 Å². The van der Waals surface area contributed by atoms with Crippen molar-refractivity contribution in [2.45, 2.75) is 6.92 Å². The molecule has 5 heteroatoms. The molecule has 0 radical (unpaired) electrons. The van der Waals surface area contributed by atoms with E-state index in [0.717, 1.165) is 16.3 Å². The number of aryl methyl sites for hydroxylation is 1. The van der Waals surface area contributed by atoms with Crippen LogP contribution in [0.2, 0.25) is 0 Å². The summed E-state index contributed by atoms with van der Waals surface area (Å²) in [4.78, 5) is 27.6. The van der Waals surface area contributed by atoms with Crippen molar-refractivity contribution in [1.29, 1.82) is 0 Å². The number of carbonyl (C=O) groups is 2. The van der Waals surface area contributed by atoms with Crippen LogP contribution in [0.15, 0.2) is 93.8 Å². The van der Waals surface area contributed by atoms with Crippen LogP contribution in [0.5, 0.6) is 0 Å². The van der Waals surface area contributed by atoms with Crippen molar-refractivity contribution >= 4 is 50.6 Å². The van der Waals surface area contributed by atoms with Crippen molar-refractivity contribution in [3.05, 3.63) is 102 Å². The predicted molar refractivity (Wildman–Crippen MR) is 123 cm³/mol. The highest BCUT2D eigenvalue weighted by atomic mass is 16.4. The van der Waals surface area contributed by atoms with Crippen LogP contribution in [0.3, 0.4) is 0 Å². The number of rotatable bonds is 1. The summed E-state index contributed by atoms with van der Waals surface area (Å²) in [6.45, 7) is 1.92. The Morgan fingerprint density at radius 1 is 0.594 bits per heavy atom. The quantitative estimate of drug-likeness (QED) is 0.288. The Morgan fingerprint density at radius 3 is 1.66 bits per heavy atom. The van der Waals surface area contributed by atoms with Crippen molar-refractivity contribution in [2.75, 3.05) is 4.90 Å². The van der Waals surface area contributed by atoms with Gasteiger partial charge in [0.2, 0.25) is 0 Å². The Hall–Kier alpha value is -4.38. The fraction of sp³-hybridized carbons (Fsp3) is 0.0370. The van der Waals surface area contributed by atoms with Crippen LogP contribution in [0.25, 0.3) is 33.1 Å². The normalized spacial score (nSPS) is 13.2. The average molecular weight is 419 g/mol. The molecule has 0 saturated carbocycles. The van der Waals surface area contributed by atoms with Gasteiger partial charge in [0.25, 0.3) is 11.8 Å². The van der Waals surface area contributed by atoms with Gasteiger partial charge in [-0.2, -0.15) is 0 Å². The van der Waals surface area contributed by atoms with Crippen LogP contribution >= 0.6 is 0 Å². The summed E-state index contributed by atoms with van der Waals surface area (Å²) in [6, 6.07) is 25.9. The van der Waals surface area contributed by atoms with E-state index in [4.69, 9.17) is 8.83 Å². The number of fused-ring (bicyclic) bond motifs is 5. The Balaban J connectivity index is 1.66. The summed E-state index contributed by atoms with van der Waals surface area (Å²) in [5, 5.41) is 1.77. The maximum absolute atomic E-state index is 13.2. The summed E-state index contributed by atoms with van der Waals surface area (Å²) in [7, 11) is 0. The first kappa shape index (κ1) is 18.4. The minimum atomic E-state index is -0.377. The average Bonchev–Trinajstić information content (AvgIpc) is 3.03. The number of hydrogen-bond acceptors (Lipinski definition) is 4. The fourth-order valence-corrected chi connectivity index (χ4v) is 4.20. The molecular weight excluding hydrogens is 402 g/mol. The molecule has 0 atom stereocenters. The predicted octanol–water partition coefficient (Wildman–Crippen LogP) is 6.57. The molecule has 4 aromatic carbocycles. The number of imide groups is 1. The van der Waals surface area contributed by atoms with Gasteiger partial charge in [-0.15, -0.1) is 0 Å². The number of anilines is 1. The van der Waals surface area contributed by atoms with E-state index in [1.54, 1.807) is 18.2 Å². The summed E-state index contributed by atoms with van der Waals surface area (Å²) >= 11 is 0. The Labute approximate surface area is 182 Å². The number of hydrogen-bond donors (Lipinski definition) is 0. The molecule has 0 unspecified atom stereocenters. The molecule has 0 saturated heterocycles. The minimum absolute atomic E-state index is 0.296. The monoisotopic (exact) mass is 419 g/mol. The molecule has 2 amide bonds. The molecule has 2 heterocycles. The largest absolute Gasteiger partial charge is 0.453 e. The Bertz CT molecular complexity index is 1540. The summed E-state index contributed by atoms with van der Waals surface area (Å²) < 4.78 is 12.4. The first-order valence-corrected chi connectivity index (χ1v) is 10.3. The van der Waals surface area contributed by atoms with Crippen molar-refractivity contribution in [3.8, 4) is 0 Å². The van der Waals surface area contributed by atoms with Crippen LogP contribution in [-0.4, -0.2) is 11.8 Å². The van der Waals surface area contributed by atoms with Crippen LogP contribution in [0.4, 0.5) is 5.69 Å². The van der Waals surface area contributed by atoms with Crippen LogP contribution < -0.4 is 4.90 Å². The second-order valence-corrected chi connectivity index (χ2v) is 7.83. The Morgan fingerprint density at radius 2 is 1.12 bits per heavy atom. The van der Waals surface area contributed by atoms with E-state index in [2.05, 4.69) is 0 Å². The number of benzene rings is 4. The van der Waals surface area contributed by atoms with E-state index in [9.17, 15) is 9.59 Å². The smallest absolute Gasteiger partial charge is 0.266 e. The molecule has 32 heavy (non-hydrogen) atoms. The topological polar surface area (TPSA) is 63.7 Å². The van der Waals surface area contributed by atoms with Gasteiger partial charge in [-0.1, -0.05) is 48.5 Å². The van der Waals surface area contributed by atoms with E-state index in [1.165, 1.54) is 4.90 Å². The summed E-state index contributed by atoms with van der Waals surface area (Å²) in [5.41, 5.74) is 4.17. The van der Waals surface area contributed by atoms with Gasteiger partial charge in [-0.05, 0) is 48.9 Å². The standard InChI is InChI=1S/C27H17NO4/c1-16-7-6-8-17(13-16)28-26(29)20-14-24-25(15-21(20)27(28)30)32-23-12-5-3-10-19(23)18-9-2-4-11-22(18)31-24/h2-15H,1H3. The van der Waals surface area contributed by atoms with E-state index in [1.807, 2.05) is 73.7 Å². The number of amides is 2. The molecular formula is C27H17NO4. The lowest BCUT2D eigenvalue weighted by atomic mass is 10.1. The third-order valence-electron chi connectivity index (χ3n) is 5.71. The first-order valence-electron chi connectivity index (χ1n) is 10.3. The fourth-order valence-electron chi connectivity index (χ4n) is 4.20. The van der Waals surface area contributed by atoms with Gasteiger partial charge in [-0.3, -0.25) is 9.59 Å². The molecule has 0 N–H and O–H groups in total. The lowest BCUT2D eigenvalue weighted by Gasteiger charge is -2.14. The zero-order valence-electron chi connectivity index (χ0n) is 17.2. The molecule has 1 aliphatic rings. The number of nitrogens with zero attached hydrogens (tertiary/aromatic N) is 1. The zero-order valence-corrected chi connectivity index (χ0v) is 17.2. The first-order chi connectivity index (χ1) is 15.6. The van der Waals surface area contributed by atoms with Crippen LogP contribution in [0.1, 0.15) is 26.3 Å². The molecule has 1 aromatic heterocycles. The number of para-hydroxylation sites is 2. The molecule has 5 nitrogen and oxygen atoms in total. The van der Waals surface area contributed by atoms with Crippen molar-refractivity contribution in [3.63, 3.8) is 0 Å². The summed E-state index contributed by atoms with van der Waals surface area (Å²) in [6.07, 6.45) is 0. The van der Waals surface area contributed by atoms with Gasteiger partial charge in [0, 0.05) is 10.8 Å². The SMILES string of the molecule is Cc1cccc(N2C(=O)c3cc4oc5ccccc5c5ccccc5oc4cc3C2=O)c1. The van der Waals surface area contributed by atoms with Gasteiger partial charge in [0.05, 0.1) is 16.8 Å². The lowest BCUT2D eigenvalue weighted by Crippen LogP contribution is -2.29. The molecule has 6 rings (SSSR count). The van der Waals surface area contributed by atoms with Gasteiger partial charge < -0.3 is 8.83 Å². The highest BCUT2D eigenvalue weighted by molar-refractivity contribution is 6.35. The third kappa shape index (κ3) is 2.72. The maximum atomic E-state index is 13.2. The number of carbonyl (C=O) groups excluding carboxylic acids is 2. The molecule has 0 spiro atoms. The molecule has 0 bridgehead atoms.